The Labute approximate surface area is 75.6 Å². The van der Waals surface area contributed by atoms with E-state index in [2.05, 4.69) is 35.7 Å². The normalized spacial score (nSPS) is 11.5. The molecule has 0 aliphatic rings. The predicted molar refractivity (Wildman–Crippen MR) is 51.6 cm³/mol. The zero-order valence-electron chi connectivity index (χ0n) is 6.48. The Bertz CT molecular complexity index is 223. The lowest BCUT2D eigenvalue weighted by molar-refractivity contribution is 0.727. The summed E-state index contributed by atoms with van der Waals surface area (Å²) in [5.41, 5.74) is 0.958. The summed E-state index contributed by atoms with van der Waals surface area (Å²) >= 11 is 4.16. The van der Waals surface area contributed by atoms with Crippen molar-refractivity contribution in [2.24, 2.45) is 0 Å². The number of aromatic nitrogens is 2. The highest BCUT2D eigenvalue weighted by Gasteiger charge is 2.21. The van der Waals surface area contributed by atoms with Crippen LogP contribution in [0.25, 0.3) is 0 Å². The minimum absolute atomic E-state index is 0.0582. The van der Waals surface area contributed by atoms with E-state index in [-0.39, 0.29) is 4.75 Å². The van der Waals surface area contributed by atoms with E-state index >= 15 is 0 Å². The highest BCUT2D eigenvalue weighted by molar-refractivity contribution is 8.68. The smallest absolute Gasteiger partial charge is 0.0794 e. The van der Waals surface area contributed by atoms with Crippen molar-refractivity contribution >= 4 is 22.5 Å². The Morgan fingerprint density at radius 3 is 2.73 bits per heavy atom. The maximum absolute atomic E-state index is 4.16. The van der Waals surface area contributed by atoms with Gasteiger partial charge in [0.05, 0.1) is 10.4 Å². The van der Waals surface area contributed by atoms with E-state index in [0.29, 0.717) is 0 Å². The fourth-order valence-corrected chi connectivity index (χ4v) is 1.15. The number of rotatable bonds is 2. The molecule has 0 radical (unpaired) electrons. The third kappa shape index (κ3) is 2.10. The molecule has 0 N–H and O–H groups in total. The van der Waals surface area contributed by atoms with Crippen molar-refractivity contribution in [1.29, 1.82) is 0 Å². The summed E-state index contributed by atoms with van der Waals surface area (Å²) in [5.74, 6) is 0. The maximum Gasteiger partial charge on any atom is 0.0794 e. The Morgan fingerprint density at radius 2 is 2.27 bits per heavy atom. The SMILES string of the molecule is CC(C)(SS)c1cccnn1. The zero-order chi connectivity index (χ0) is 8.32. The quantitative estimate of drug-likeness (QED) is 0.567. The number of hydrogen-bond donors (Lipinski definition) is 1. The molecule has 0 fully saturated rings. The molecule has 0 saturated heterocycles. The molecule has 0 unspecified atom stereocenters. The van der Waals surface area contributed by atoms with Crippen molar-refractivity contribution in [1.82, 2.24) is 10.2 Å². The molecule has 2 nitrogen and oxygen atoms in total. The van der Waals surface area contributed by atoms with E-state index in [1.54, 1.807) is 6.20 Å². The van der Waals surface area contributed by atoms with Crippen molar-refractivity contribution in [3.8, 4) is 0 Å². The Morgan fingerprint density at radius 1 is 1.55 bits per heavy atom. The Hall–Kier alpha value is -0.220. The van der Waals surface area contributed by atoms with Gasteiger partial charge in [-0.3, -0.25) is 0 Å². The Balaban J connectivity index is 2.93. The van der Waals surface area contributed by atoms with Gasteiger partial charge in [-0.05, 0) is 26.0 Å². The second kappa shape index (κ2) is 3.45. The predicted octanol–water partition coefficient (Wildman–Crippen LogP) is 2.29. The molecule has 1 rings (SSSR count). The van der Waals surface area contributed by atoms with E-state index in [1.807, 2.05) is 12.1 Å². The fourth-order valence-electron chi connectivity index (χ4n) is 0.669. The van der Waals surface area contributed by atoms with Crippen molar-refractivity contribution in [3.05, 3.63) is 24.0 Å². The van der Waals surface area contributed by atoms with Crippen LogP contribution in [0.5, 0.6) is 0 Å². The van der Waals surface area contributed by atoms with Crippen molar-refractivity contribution < 1.29 is 0 Å². The molecular formula is C7H10N2S2. The fraction of sp³-hybridized carbons (Fsp3) is 0.429. The second-order valence-corrected chi connectivity index (χ2v) is 4.46. The average molecular weight is 186 g/mol. The average Bonchev–Trinajstić information content (AvgIpc) is 2.06. The lowest BCUT2D eigenvalue weighted by Crippen LogP contribution is -2.12. The summed E-state index contributed by atoms with van der Waals surface area (Å²) in [6, 6.07) is 3.84. The van der Waals surface area contributed by atoms with Gasteiger partial charge in [-0.25, -0.2) is 0 Å². The van der Waals surface area contributed by atoms with Gasteiger partial charge in [-0.2, -0.15) is 10.2 Å². The molecule has 0 atom stereocenters. The first-order valence-electron chi connectivity index (χ1n) is 3.27. The minimum atomic E-state index is -0.0582. The van der Waals surface area contributed by atoms with Gasteiger partial charge in [0, 0.05) is 6.20 Å². The molecule has 11 heavy (non-hydrogen) atoms. The number of nitrogens with zero attached hydrogens (tertiary/aromatic N) is 2. The van der Waals surface area contributed by atoms with Crippen LogP contribution in [0.2, 0.25) is 0 Å². The standard InChI is InChI=1S/C7H10N2S2/c1-7(2,11-10)6-4-3-5-8-9-6/h3-5,10H,1-2H3. The third-order valence-electron chi connectivity index (χ3n) is 1.42. The molecular weight excluding hydrogens is 176 g/mol. The minimum Gasteiger partial charge on any atom is -0.159 e. The number of hydrogen-bond acceptors (Lipinski definition) is 4. The van der Waals surface area contributed by atoms with E-state index in [9.17, 15) is 0 Å². The van der Waals surface area contributed by atoms with Gasteiger partial charge in [0.1, 0.15) is 0 Å². The summed E-state index contributed by atoms with van der Waals surface area (Å²) in [6.45, 7) is 4.13. The first-order chi connectivity index (χ1) is 5.17. The van der Waals surface area contributed by atoms with Crippen LogP contribution in [0.3, 0.4) is 0 Å². The van der Waals surface area contributed by atoms with E-state index in [0.717, 1.165) is 5.69 Å². The Kier molecular flexibility index (Phi) is 2.78. The van der Waals surface area contributed by atoms with Crippen LogP contribution in [-0.4, -0.2) is 10.2 Å². The van der Waals surface area contributed by atoms with Gasteiger partial charge < -0.3 is 0 Å². The van der Waals surface area contributed by atoms with Crippen LogP contribution in [0, 0.1) is 0 Å². The molecule has 0 spiro atoms. The van der Waals surface area contributed by atoms with Crippen LogP contribution in [0.1, 0.15) is 19.5 Å². The molecule has 60 valence electrons. The van der Waals surface area contributed by atoms with Crippen molar-refractivity contribution in [2.75, 3.05) is 0 Å². The van der Waals surface area contributed by atoms with E-state index in [1.165, 1.54) is 10.8 Å². The molecule has 0 aliphatic carbocycles. The molecule has 1 aromatic rings. The molecule has 0 aromatic carbocycles. The van der Waals surface area contributed by atoms with Crippen molar-refractivity contribution in [3.63, 3.8) is 0 Å². The second-order valence-electron chi connectivity index (χ2n) is 2.71. The summed E-state index contributed by atoms with van der Waals surface area (Å²) in [5, 5.41) is 7.80. The topological polar surface area (TPSA) is 25.8 Å². The molecule has 0 saturated carbocycles. The molecule has 1 aromatic heterocycles. The summed E-state index contributed by atoms with van der Waals surface area (Å²) in [7, 11) is 1.47. The molecule has 1 heterocycles. The van der Waals surface area contributed by atoms with Gasteiger partial charge in [0.25, 0.3) is 0 Å². The van der Waals surface area contributed by atoms with Gasteiger partial charge in [0.15, 0.2) is 0 Å². The molecule has 0 bridgehead atoms. The summed E-state index contributed by atoms with van der Waals surface area (Å²) in [6.07, 6.45) is 1.67. The lowest BCUT2D eigenvalue weighted by atomic mass is 10.1. The highest BCUT2D eigenvalue weighted by atomic mass is 33.1. The van der Waals surface area contributed by atoms with Gasteiger partial charge >= 0.3 is 0 Å². The van der Waals surface area contributed by atoms with Gasteiger partial charge in [-0.15, -0.1) is 11.7 Å². The highest BCUT2D eigenvalue weighted by Crippen LogP contribution is 2.35. The van der Waals surface area contributed by atoms with Crippen LogP contribution < -0.4 is 0 Å². The lowest BCUT2D eigenvalue weighted by Gasteiger charge is -2.18. The zero-order valence-corrected chi connectivity index (χ0v) is 8.19. The van der Waals surface area contributed by atoms with E-state index < -0.39 is 0 Å². The van der Waals surface area contributed by atoms with E-state index in [4.69, 9.17) is 0 Å². The first-order valence-corrected chi connectivity index (χ1v) is 5.14. The molecule has 4 heteroatoms. The van der Waals surface area contributed by atoms with Crippen LogP contribution in [-0.2, 0) is 4.75 Å². The largest absolute Gasteiger partial charge is 0.159 e. The van der Waals surface area contributed by atoms with Crippen LogP contribution >= 0.6 is 22.5 Å². The number of thiol groups is 1. The van der Waals surface area contributed by atoms with Crippen molar-refractivity contribution in [2.45, 2.75) is 18.6 Å². The summed E-state index contributed by atoms with van der Waals surface area (Å²) < 4.78 is -0.0582. The monoisotopic (exact) mass is 186 g/mol. The van der Waals surface area contributed by atoms with Crippen LogP contribution in [0.4, 0.5) is 0 Å². The summed E-state index contributed by atoms with van der Waals surface area (Å²) in [4.78, 5) is 0. The van der Waals surface area contributed by atoms with Gasteiger partial charge in [0.2, 0.25) is 0 Å². The maximum atomic E-state index is 4.16. The third-order valence-corrected chi connectivity index (χ3v) is 3.45. The first kappa shape index (κ1) is 8.87. The molecule has 0 amide bonds. The van der Waals surface area contributed by atoms with Crippen LogP contribution in [0.15, 0.2) is 18.3 Å². The van der Waals surface area contributed by atoms with Gasteiger partial charge in [-0.1, -0.05) is 10.8 Å². The molecule has 0 aliphatic heterocycles.